The summed E-state index contributed by atoms with van der Waals surface area (Å²) in [5.74, 6) is 0.733. The minimum Gasteiger partial charge on any atom is -0.491 e. The van der Waals surface area contributed by atoms with Gasteiger partial charge in [0.1, 0.15) is 18.5 Å². The topological polar surface area (TPSA) is 56.5 Å². The molecule has 1 N–H and O–H groups in total. The molecule has 0 heterocycles. The second kappa shape index (κ2) is 8.09. The van der Waals surface area contributed by atoms with E-state index in [0.717, 1.165) is 10.2 Å². The number of nitriles is 1. The fourth-order valence-corrected chi connectivity index (χ4v) is 1.73. The Hall–Kier alpha value is -1.09. The Bertz CT molecular complexity index is 389. The van der Waals surface area contributed by atoms with Gasteiger partial charge in [-0.1, -0.05) is 15.9 Å². The first-order valence-electron chi connectivity index (χ1n) is 5.73. The number of benzene rings is 1. The normalized spacial score (nSPS) is 12.2. The lowest BCUT2D eigenvalue weighted by atomic mass is 10.3. The van der Waals surface area contributed by atoms with Crippen LogP contribution in [0.2, 0.25) is 0 Å². The summed E-state index contributed by atoms with van der Waals surface area (Å²) in [6.07, 6.45) is -0.0890. The van der Waals surface area contributed by atoms with Crippen molar-refractivity contribution < 1.29 is 9.84 Å². The predicted molar refractivity (Wildman–Crippen MR) is 73.4 cm³/mol. The summed E-state index contributed by atoms with van der Waals surface area (Å²) in [7, 11) is 1.88. The van der Waals surface area contributed by atoms with Crippen LogP contribution in [0.4, 0.5) is 0 Å². The molecule has 5 heteroatoms. The zero-order valence-electron chi connectivity index (χ0n) is 10.3. The van der Waals surface area contributed by atoms with E-state index >= 15 is 0 Å². The molecule has 0 saturated carbocycles. The summed E-state index contributed by atoms with van der Waals surface area (Å²) in [4.78, 5) is 1.92. The highest BCUT2D eigenvalue weighted by atomic mass is 79.9. The molecule has 0 aliphatic heterocycles. The van der Waals surface area contributed by atoms with Crippen molar-refractivity contribution in [2.75, 3.05) is 26.7 Å². The van der Waals surface area contributed by atoms with Crippen molar-refractivity contribution in [1.29, 1.82) is 5.26 Å². The Balaban J connectivity index is 2.26. The maximum Gasteiger partial charge on any atom is 0.119 e. The molecule has 0 saturated heterocycles. The Kier molecular flexibility index (Phi) is 6.73. The number of nitrogens with zero attached hydrogens (tertiary/aromatic N) is 2. The standard InChI is InChI=1S/C13H17BrN2O2/c1-16(8-2-7-15)9-12(17)10-18-13-5-3-11(14)4-6-13/h3-6,12,17H,2,8-10H2,1H3. The van der Waals surface area contributed by atoms with Crippen LogP contribution >= 0.6 is 15.9 Å². The molecule has 0 bridgehead atoms. The van der Waals surface area contributed by atoms with Gasteiger partial charge in [-0.05, 0) is 31.3 Å². The molecule has 1 unspecified atom stereocenters. The number of hydrogen-bond acceptors (Lipinski definition) is 4. The third kappa shape index (κ3) is 6.01. The molecule has 1 aromatic rings. The van der Waals surface area contributed by atoms with Crippen molar-refractivity contribution in [2.45, 2.75) is 12.5 Å². The summed E-state index contributed by atoms with van der Waals surface area (Å²) in [5.41, 5.74) is 0. The highest BCUT2D eigenvalue weighted by molar-refractivity contribution is 9.10. The number of ether oxygens (including phenoxy) is 1. The summed E-state index contributed by atoms with van der Waals surface area (Å²) in [5, 5.41) is 18.2. The number of rotatable bonds is 7. The van der Waals surface area contributed by atoms with Crippen molar-refractivity contribution in [3.63, 3.8) is 0 Å². The van der Waals surface area contributed by atoms with Gasteiger partial charge in [-0.2, -0.15) is 5.26 Å². The van der Waals surface area contributed by atoms with Gasteiger partial charge in [0.25, 0.3) is 0 Å². The summed E-state index contributed by atoms with van der Waals surface area (Å²) >= 11 is 3.34. The highest BCUT2D eigenvalue weighted by Crippen LogP contribution is 2.16. The van der Waals surface area contributed by atoms with Crippen LogP contribution in [-0.2, 0) is 0 Å². The van der Waals surface area contributed by atoms with Gasteiger partial charge in [0, 0.05) is 24.0 Å². The fourth-order valence-electron chi connectivity index (χ4n) is 1.47. The van der Waals surface area contributed by atoms with Gasteiger partial charge in [0.2, 0.25) is 0 Å². The van der Waals surface area contributed by atoms with Crippen molar-refractivity contribution in [2.24, 2.45) is 0 Å². The van der Waals surface area contributed by atoms with Gasteiger partial charge < -0.3 is 14.7 Å². The average molecular weight is 313 g/mol. The summed E-state index contributed by atoms with van der Waals surface area (Å²) < 4.78 is 6.46. The first-order valence-corrected chi connectivity index (χ1v) is 6.53. The van der Waals surface area contributed by atoms with Crippen molar-refractivity contribution in [1.82, 2.24) is 4.90 Å². The second-order valence-electron chi connectivity index (χ2n) is 4.09. The van der Waals surface area contributed by atoms with E-state index in [1.807, 2.05) is 36.2 Å². The van der Waals surface area contributed by atoms with Crippen LogP contribution in [0.5, 0.6) is 5.75 Å². The van der Waals surface area contributed by atoms with Gasteiger partial charge in [0.05, 0.1) is 6.07 Å². The van der Waals surface area contributed by atoms with Gasteiger partial charge in [-0.15, -0.1) is 0 Å². The molecule has 0 amide bonds. The second-order valence-corrected chi connectivity index (χ2v) is 5.00. The Morgan fingerprint density at radius 3 is 2.72 bits per heavy atom. The maximum atomic E-state index is 9.78. The SMILES string of the molecule is CN(CCC#N)CC(O)COc1ccc(Br)cc1. The van der Waals surface area contributed by atoms with E-state index in [-0.39, 0.29) is 6.61 Å². The van der Waals surface area contributed by atoms with E-state index in [0.29, 0.717) is 19.5 Å². The quantitative estimate of drug-likeness (QED) is 0.837. The molecule has 1 aromatic carbocycles. The van der Waals surface area contributed by atoms with Gasteiger partial charge >= 0.3 is 0 Å². The number of aliphatic hydroxyl groups excluding tert-OH is 1. The molecule has 0 radical (unpaired) electrons. The number of aliphatic hydroxyl groups is 1. The zero-order valence-corrected chi connectivity index (χ0v) is 11.9. The smallest absolute Gasteiger partial charge is 0.119 e. The van der Waals surface area contributed by atoms with Crippen LogP contribution in [0, 0.1) is 11.3 Å². The van der Waals surface area contributed by atoms with Gasteiger partial charge in [-0.25, -0.2) is 0 Å². The highest BCUT2D eigenvalue weighted by Gasteiger charge is 2.08. The molecule has 0 aromatic heterocycles. The van der Waals surface area contributed by atoms with Crippen LogP contribution in [0.3, 0.4) is 0 Å². The Morgan fingerprint density at radius 1 is 1.44 bits per heavy atom. The molecule has 18 heavy (non-hydrogen) atoms. The van der Waals surface area contributed by atoms with Crippen molar-refractivity contribution >= 4 is 15.9 Å². The lowest BCUT2D eigenvalue weighted by molar-refractivity contribution is 0.0770. The molecule has 0 aliphatic rings. The van der Waals surface area contributed by atoms with Crippen LogP contribution in [0.1, 0.15) is 6.42 Å². The number of halogens is 1. The van der Waals surface area contributed by atoms with Gasteiger partial charge in [-0.3, -0.25) is 0 Å². The first-order chi connectivity index (χ1) is 8.61. The Labute approximate surface area is 116 Å². The van der Waals surface area contributed by atoms with Crippen LogP contribution in [0.15, 0.2) is 28.7 Å². The summed E-state index contributed by atoms with van der Waals surface area (Å²) in [6.45, 7) is 1.41. The molecule has 1 rings (SSSR count). The lowest BCUT2D eigenvalue weighted by Gasteiger charge is -2.19. The maximum absolute atomic E-state index is 9.78. The van der Waals surface area contributed by atoms with Crippen molar-refractivity contribution in [3.05, 3.63) is 28.7 Å². The monoisotopic (exact) mass is 312 g/mol. The number of hydrogen-bond donors (Lipinski definition) is 1. The molecule has 0 fully saturated rings. The van der Waals surface area contributed by atoms with Gasteiger partial charge in [0.15, 0.2) is 0 Å². The van der Waals surface area contributed by atoms with E-state index < -0.39 is 6.10 Å². The Morgan fingerprint density at radius 2 is 2.11 bits per heavy atom. The third-order valence-corrected chi connectivity index (χ3v) is 2.91. The summed E-state index contributed by atoms with van der Waals surface area (Å²) in [6, 6.07) is 9.54. The molecule has 1 atom stereocenters. The van der Waals surface area contributed by atoms with E-state index in [9.17, 15) is 5.11 Å². The largest absolute Gasteiger partial charge is 0.491 e. The molecule has 0 spiro atoms. The van der Waals surface area contributed by atoms with Crippen molar-refractivity contribution in [3.8, 4) is 11.8 Å². The predicted octanol–water partition coefficient (Wildman–Crippen LogP) is 2.03. The average Bonchev–Trinajstić information content (AvgIpc) is 2.35. The third-order valence-electron chi connectivity index (χ3n) is 2.38. The molecular formula is C13H17BrN2O2. The van der Waals surface area contributed by atoms with E-state index in [2.05, 4.69) is 22.0 Å². The molecule has 4 nitrogen and oxygen atoms in total. The fraction of sp³-hybridized carbons (Fsp3) is 0.462. The van der Waals surface area contributed by atoms with Crippen LogP contribution in [0.25, 0.3) is 0 Å². The van der Waals surface area contributed by atoms with E-state index in [1.54, 1.807) is 0 Å². The zero-order chi connectivity index (χ0) is 13.4. The van der Waals surface area contributed by atoms with E-state index in [4.69, 9.17) is 10.00 Å². The minimum absolute atomic E-state index is 0.249. The number of likely N-dealkylation sites (N-methyl/N-ethyl adjacent to an activating group) is 1. The molecule has 0 aliphatic carbocycles. The first kappa shape index (κ1) is 15.0. The van der Waals surface area contributed by atoms with E-state index in [1.165, 1.54) is 0 Å². The van der Waals surface area contributed by atoms with Crippen LogP contribution in [-0.4, -0.2) is 42.9 Å². The molecule has 98 valence electrons. The lowest BCUT2D eigenvalue weighted by Crippen LogP contribution is -2.33. The molecular weight excluding hydrogens is 296 g/mol. The van der Waals surface area contributed by atoms with Crippen LogP contribution < -0.4 is 4.74 Å². The minimum atomic E-state index is -0.558.